The second kappa shape index (κ2) is 5.50. The van der Waals surface area contributed by atoms with Crippen molar-refractivity contribution in [1.29, 1.82) is 0 Å². The average Bonchev–Trinajstić information content (AvgIpc) is 2.99. The first-order chi connectivity index (χ1) is 8.66. The van der Waals surface area contributed by atoms with Crippen molar-refractivity contribution in [3.63, 3.8) is 0 Å². The first-order valence-electron chi connectivity index (χ1n) is 5.58. The van der Waals surface area contributed by atoms with E-state index in [0.29, 0.717) is 24.3 Å². The highest BCUT2D eigenvalue weighted by atomic mass is 16.5. The van der Waals surface area contributed by atoms with Crippen molar-refractivity contribution in [2.45, 2.75) is 19.4 Å². The number of amides is 1. The Labute approximate surface area is 104 Å². The number of hydrogen-bond donors (Lipinski definition) is 2. The van der Waals surface area contributed by atoms with Crippen molar-refractivity contribution in [2.24, 2.45) is 0 Å². The maximum Gasteiger partial charge on any atom is 0.273 e. The number of nitrogens with one attached hydrogen (secondary N) is 1. The molecule has 18 heavy (non-hydrogen) atoms. The smallest absolute Gasteiger partial charge is 0.273 e. The minimum atomic E-state index is -0.650. The van der Waals surface area contributed by atoms with Gasteiger partial charge < -0.3 is 19.4 Å². The Morgan fingerprint density at radius 3 is 3.06 bits per heavy atom. The molecule has 0 fully saturated rings. The van der Waals surface area contributed by atoms with Crippen molar-refractivity contribution in [1.82, 2.24) is 10.5 Å². The molecule has 1 atom stereocenters. The van der Waals surface area contributed by atoms with Gasteiger partial charge in [0.2, 0.25) is 0 Å². The summed E-state index contributed by atoms with van der Waals surface area (Å²) in [6, 6.07) is 3.25. The van der Waals surface area contributed by atoms with E-state index in [0.717, 1.165) is 0 Å². The van der Waals surface area contributed by atoms with Gasteiger partial charge in [0, 0.05) is 18.2 Å². The van der Waals surface area contributed by atoms with Gasteiger partial charge in [0.25, 0.3) is 5.91 Å². The summed E-state index contributed by atoms with van der Waals surface area (Å²) in [7, 11) is 0. The highest BCUT2D eigenvalue weighted by Crippen LogP contribution is 2.15. The van der Waals surface area contributed by atoms with E-state index in [1.165, 1.54) is 12.5 Å². The van der Waals surface area contributed by atoms with E-state index in [1.54, 1.807) is 19.1 Å². The molecular formula is C12H14N2O4. The standard InChI is InChI=1S/C12H14N2O4/c1-8-6-10(14-18-8)12(16)13-4-2-11(15)9-3-5-17-7-9/h3,5-7,11,15H,2,4H2,1H3,(H,13,16)/t11-/m0/s1. The van der Waals surface area contributed by atoms with Crippen LogP contribution in [0.5, 0.6) is 0 Å². The molecular weight excluding hydrogens is 236 g/mol. The number of aryl methyl sites for hydroxylation is 1. The van der Waals surface area contributed by atoms with Crippen LogP contribution >= 0.6 is 0 Å². The van der Waals surface area contributed by atoms with Crippen molar-refractivity contribution >= 4 is 5.91 Å². The van der Waals surface area contributed by atoms with Gasteiger partial charge in [-0.1, -0.05) is 5.16 Å². The molecule has 0 spiro atoms. The molecule has 2 aromatic heterocycles. The van der Waals surface area contributed by atoms with Crippen molar-refractivity contribution in [3.8, 4) is 0 Å². The SMILES string of the molecule is Cc1cc(C(=O)NCC[C@H](O)c2ccoc2)no1. The Hall–Kier alpha value is -2.08. The molecule has 6 heteroatoms. The molecule has 0 unspecified atom stereocenters. The third kappa shape index (κ3) is 2.98. The number of aliphatic hydroxyl groups is 1. The van der Waals surface area contributed by atoms with E-state index in [-0.39, 0.29) is 11.6 Å². The van der Waals surface area contributed by atoms with E-state index >= 15 is 0 Å². The molecule has 2 N–H and O–H groups in total. The molecule has 6 nitrogen and oxygen atoms in total. The predicted molar refractivity (Wildman–Crippen MR) is 61.9 cm³/mol. The van der Waals surface area contributed by atoms with E-state index < -0.39 is 6.10 Å². The molecule has 96 valence electrons. The molecule has 0 saturated heterocycles. The van der Waals surface area contributed by atoms with Gasteiger partial charge in [-0.2, -0.15) is 0 Å². The molecule has 1 amide bonds. The Morgan fingerprint density at radius 2 is 2.44 bits per heavy atom. The first-order valence-corrected chi connectivity index (χ1v) is 5.58. The lowest BCUT2D eigenvalue weighted by Gasteiger charge is -2.08. The zero-order chi connectivity index (χ0) is 13.0. The molecule has 0 aliphatic rings. The van der Waals surface area contributed by atoms with Crippen LogP contribution in [0.3, 0.4) is 0 Å². The molecule has 2 rings (SSSR count). The van der Waals surface area contributed by atoms with Crippen LogP contribution in [0.4, 0.5) is 0 Å². The minimum absolute atomic E-state index is 0.241. The fraction of sp³-hybridized carbons (Fsp3) is 0.333. The zero-order valence-electron chi connectivity index (χ0n) is 9.92. The third-order valence-electron chi connectivity index (χ3n) is 2.49. The summed E-state index contributed by atoms with van der Waals surface area (Å²) >= 11 is 0. The van der Waals surface area contributed by atoms with Crippen LogP contribution in [-0.4, -0.2) is 22.7 Å². The van der Waals surface area contributed by atoms with Crippen LogP contribution in [-0.2, 0) is 0 Å². The molecule has 0 saturated carbocycles. The molecule has 2 aromatic rings. The van der Waals surface area contributed by atoms with E-state index in [4.69, 9.17) is 8.94 Å². The lowest BCUT2D eigenvalue weighted by Crippen LogP contribution is -2.25. The lowest BCUT2D eigenvalue weighted by molar-refractivity contribution is 0.0933. The zero-order valence-corrected chi connectivity index (χ0v) is 9.92. The highest BCUT2D eigenvalue weighted by Gasteiger charge is 2.12. The van der Waals surface area contributed by atoms with E-state index in [1.807, 2.05) is 0 Å². The van der Waals surface area contributed by atoms with Gasteiger partial charge >= 0.3 is 0 Å². The fourth-order valence-corrected chi connectivity index (χ4v) is 1.52. The second-order valence-electron chi connectivity index (χ2n) is 3.94. The first kappa shape index (κ1) is 12.4. The number of carbonyl (C=O) groups excluding carboxylic acids is 1. The van der Waals surface area contributed by atoms with E-state index in [2.05, 4.69) is 10.5 Å². The number of aromatic nitrogens is 1. The van der Waals surface area contributed by atoms with Crippen LogP contribution in [0.15, 0.2) is 33.6 Å². The molecule has 0 aromatic carbocycles. The summed E-state index contributed by atoms with van der Waals surface area (Å²) in [5, 5.41) is 16.0. The van der Waals surface area contributed by atoms with Crippen LogP contribution in [0, 0.1) is 6.92 Å². The number of hydrogen-bond acceptors (Lipinski definition) is 5. The summed E-state index contributed by atoms with van der Waals surface area (Å²) in [6.45, 7) is 2.06. The summed E-state index contributed by atoms with van der Waals surface area (Å²) in [5.74, 6) is 0.268. The number of aliphatic hydroxyl groups excluding tert-OH is 1. The number of carbonyl (C=O) groups is 1. The maximum atomic E-state index is 11.6. The third-order valence-corrected chi connectivity index (χ3v) is 2.49. The van der Waals surface area contributed by atoms with Crippen LogP contribution < -0.4 is 5.32 Å². The van der Waals surface area contributed by atoms with Crippen LogP contribution in [0.25, 0.3) is 0 Å². The Morgan fingerprint density at radius 1 is 1.61 bits per heavy atom. The number of furan rings is 1. The topological polar surface area (TPSA) is 88.5 Å². The van der Waals surface area contributed by atoms with Crippen LogP contribution in [0.2, 0.25) is 0 Å². The highest BCUT2D eigenvalue weighted by molar-refractivity contribution is 5.92. The maximum absolute atomic E-state index is 11.6. The number of rotatable bonds is 5. The van der Waals surface area contributed by atoms with Gasteiger partial charge in [0.15, 0.2) is 5.69 Å². The Bertz CT molecular complexity index is 504. The second-order valence-corrected chi connectivity index (χ2v) is 3.94. The van der Waals surface area contributed by atoms with Gasteiger partial charge in [-0.25, -0.2) is 0 Å². The summed E-state index contributed by atoms with van der Waals surface area (Å²) in [6.07, 6.45) is 2.73. The van der Waals surface area contributed by atoms with Gasteiger partial charge in [0.05, 0.1) is 18.6 Å². The number of nitrogens with zero attached hydrogens (tertiary/aromatic N) is 1. The summed E-state index contributed by atoms with van der Waals surface area (Å²) in [4.78, 5) is 11.6. The quantitative estimate of drug-likeness (QED) is 0.838. The van der Waals surface area contributed by atoms with Gasteiger partial charge in [-0.05, 0) is 19.4 Å². The molecule has 0 radical (unpaired) electrons. The molecule has 0 aliphatic carbocycles. The molecule has 0 bridgehead atoms. The predicted octanol–water partition coefficient (Wildman–Crippen LogP) is 1.43. The fourth-order valence-electron chi connectivity index (χ4n) is 1.52. The van der Waals surface area contributed by atoms with Crippen molar-refractivity contribution in [2.75, 3.05) is 6.54 Å². The van der Waals surface area contributed by atoms with Gasteiger partial charge in [-0.15, -0.1) is 0 Å². The lowest BCUT2D eigenvalue weighted by atomic mass is 10.1. The van der Waals surface area contributed by atoms with Crippen molar-refractivity contribution in [3.05, 3.63) is 41.7 Å². The van der Waals surface area contributed by atoms with Crippen LogP contribution in [0.1, 0.15) is 34.3 Å². The molecule has 0 aliphatic heterocycles. The van der Waals surface area contributed by atoms with Gasteiger partial charge in [0.1, 0.15) is 5.76 Å². The minimum Gasteiger partial charge on any atom is -0.472 e. The average molecular weight is 250 g/mol. The summed E-state index contributed by atoms with van der Waals surface area (Å²) < 4.78 is 9.66. The normalized spacial score (nSPS) is 12.3. The van der Waals surface area contributed by atoms with Gasteiger partial charge in [-0.3, -0.25) is 4.79 Å². The summed E-state index contributed by atoms with van der Waals surface area (Å²) in [5.41, 5.74) is 0.937. The Kier molecular flexibility index (Phi) is 3.78. The van der Waals surface area contributed by atoms with E-state index in [9.17, 15) is 9.90 Å². The molecule has 2 heterocycles. The monoisotopic (exact) mass is 250 g/mol. The Balaban J connectivity index is 1.77. The van der Waals surface area contributed by atoms with Crippen molar-refractivity contribution < 1.29 is 18.8 Å². The largest absolute Gasteiger partial charge is 0.472 e.